The standard InChI is InChI=1S/C28H27N3O6/c1-5-36-23-9-7-8-22(16-23)31-26(33)24(25(32)29-28(31)35)15-20-14-17(3)30(18(20)4)21-12-10-19(11-13-21)27(34)37-6-2/h7-16H,5-6H2,1-4H3,(H,29,32,35)/b24-15+. The van der Waals surface area contributed by atoms with E-state index in [2.05, 4.69) is 5.32 Å². The van der Waals surface area contributed by atoms with Crippen LogP contribution >= 0.6 is 0 Å². The molecule has 0 spiro atoms. The molecule has 0 aliphatic carbocycles. The van der Waals surface area contributed by atoms with Crippen molar-refractivity contribution in [3.05, 3.63) is 82.7 Å². The van der Waals surface area contributed by atoms with Crippen molar-refractivity contribution >= 4 is 35.6 Å². The molecule has 1 fully saturated rings. The van der Waals surface area contributed by atoms with Gasteiger partial charge in [0.1, 0.15) is 11.3 Å². The van der Waals surface area contributed by atoms with Gasteiger partial charge in [-0.25, -0.2) is 14.5 Å². The van der Waals surface area contributed by atoms with Gasteiger partial charge < -0.3 is 14.0 Å². The Morgan fingerprint density at radius 1 is 0.946 bits per heavy atom. The van der Waals surface area contributed by atoms with E-state index in [-0.39, 0.29) is 5.57 Å². The Morgan fingerprint density at radius 2 is 1.68 bits per heavy atom. The molecule has 0 saturated carbocycles. The number of nitrogens with zero attached hydrogens (tertiary/aromatic N) is 2. The van der Waals surface area contributed by atoms with Gasteiger partial charge in [0.2, 0.25) is 0 Å². The van der Waals surface area contributed by atoms with Gasteiger partial charge in [0.05, 0.1) is 24.5 Å². The lowest BCUT2D eigenvalue weighted by molar-refractivity contribution is -0.122. The van der Waals surface area contributed by atoms with Crippen LogP contribution in [0.15, 0.2) is 60.2 Å². The van der Waals surface area contributed by atoms with Crippen LogP contribution < -0.4 is 15.0 Å². The fourth-order valence-electron chi connectivity index (χ4n) is 4.22. The highest BCUT2D eigenvalue weighted by Gasteiger charge is 2.37. The van der Waals surface area contributed by atoms with Gasteiger partial charge in [-0.05, 0) is 81.8 Å². The van der Waals surface area contributed by atoms with E-state index in [1.54, 1.807) is 55.5 Å². The van der Waals surface area contributed by atoms with Crippen LogP contribution in [0.5, 0.6) is 5.75 Å². The molecule has 1 saturated heterocycles. The van der Waals surface area contributed by atoms with Gasteiger partial charge in [-0.3, -0.25) is 14.9 Å². The lowest BCUT2D eigenvalue weighted by atomic mass is 10.1. The minimum atomic E-state index is -0.826. The molecule has 1 aromatic heterocycles. The molecule has 1 N–H and O–H groups in total. The summed E-state index contributed by atoms with van der Waals surface area (Å²) in [5.41, 5.74) is 3.64. The zero-order valence-electron chi connectivity index (χ0n) is 21.0. The number of anilines is 1. The molecule has 0 radical (unpaired) electrons. The van der Waals surface area contributed by atoms with Crippen LogP contribution in [0.1, 0.15) is 41.2 Å². The first-order valence-electron chi connectivity index (χ1n) is 11.9. The first-order valence-corrected chi connectivity index (χ1v) is 11.9. The Kier molecular flexibility index (Phi) is 7.24. The Balaban J connectivity index is 1.68. The molecule has 2 heterocycles. The predicted molar refractivity (Wildman–Crippen MR) is 138 cm³/mol. The zero-order chi connectivity index (χ0) is 26.7. The number of benzene rings is 2. The van der Waals surface area contributed by atoms with E-state index in [0.717, 1.165) is 22.0 Å². The first-order chi connectivity index (χ1) is 17.7. The molecule has 1 aliphatic rings. The minimum Gasteiger partial charge on any atom is -0.494 e. The normalized spacial score (nSPS) is 14.6. The summed E-state index contributed by atoms with van der Waals surface area (Å²) in [6.45, 7) is 8.05. The van der Waals surface area contributed by atoms with Gasteiger partial charge in [0.25, 0.3) is 11.8 Å². The number of carbonyl (C=O) groups is 4. The smallest absolute Gasteiger partial charge is 0.338 e. The van der Waals surface area contributed by atoms with Crippen LogP contribution in [-0.2, 0) is 14.3 Å². The summed E-state index contributed by atoms with van der Waals surface area (Å²) in [6.07, 6.45) is 1.48. The van der Waals surface area contributed by atoms with Crippen LogP contribution in [0, 0.1) is 13.8 Å². The largest absolute Gasteiger partial charge is 0.494 e. The summed E-state index contributed by atoms with van der Waals surface area (Å²) < 4.78 is 12.5. The molecular formula is C28H27N3O6. The van der Waals surface area contributed by atoms with E-state index in [1.165, 1.54) is 6.08 Å². The number of nitrogens with one attached hydrogen (secondary N) is 1. The maximum absolute atomic E-state index is 13.3. The number of hydrogen-bond donors (Lipinski definition) is 1. The molecule has 190 valence electrons. The molecule has 0 unspecified atom stereocenters. The van der Waals surface area contributed by atoms with Crippen molar-refractivity contribution in [1.82, 2.24) is 9.88 Å². The maximum atomic E-state index is 13.3. The molecule has 3 aromatic rings. The van der Waals surface area contributed by atoms with Crippen LogP contribution in [0.25, 0.3) is 11.8 Å². The van der Waals surface area contributed by atoms with Crippen LogP contribution in [-0.4, -0.2) is 41.6 Å². The number of aromatic nitrogens is 1. The van der Waals surface area contributed by atoms with Gasteiger partial charge in [-0.2, -0.15) is 0 Å². The average molecular weight is 502 g/mol. The molecule has 2 aromatic carbocycles. The van der Waals surface area contributed by atoms with E-state index < -0.39 is 23.8 Å². The number of hydrogen-bond acceptors (Lipinski definition) is 6. The number of ether oxygens (including phenoxy) is 2. The molecular weight excluding hydrogens is 474 g/mol. The second-order valence-electron chi connectivity index (χ2n) is 8.32. The highest BCUT2D eigenvalue weighted by Crippen LogP contribution is 2.28. The molecule has 9 heteroatoms. The van der Waals surface area contributed by atoms with E-state index in [4.69, 9.17) is 9.47 Å². The van der Waals surface area contributed by atoms with Crippen molar-refractivity contribution in [1.29, 1.82) is 0 Å². The third kappa shape index (κ3) is 5.02. The highest BCUT2D eigenvalue weighted by molar-refractivity contribution is 6.39. The number of urea groups is 1. The first kappa shape index (κ1) is 25.4. The number of imide groups is 2. The predicted octanol–water partition coefficient (Wildman–Crippen LogP) is 4.34. The van der Waals surface area contributed by atoms with Crippen molar-refractivity contribution in [3.63, 3.8) is 0 Å². The second-order valence-corrected chi connectivity index (χ2v) is 8.32. The topological polar surface area (TPSA) is 107 Å². The molecule has 4 rings (SSSR count). The minimum absolute atomic E-state index is 0.167. The second kappa shape index (κ2) is 10.5. The van der Waals surface area contributed by atoms with E-state index in [9.17, 15) is 19.2 Å². The van der Waals surface area contributed by atoms with Crippen LogP contribution in [0.2, 0.25) is 0 Å². The van der Waals surface area contributed by atoms with E-state index in [1.807, 2.05) is 31.4 Å². The monoisotopic (exact) mass is 501 g/mol. The summed E-state index contributed by atoms with van der Waals surface area (Å²) in [4.78, 5) is 51.5. The number of carbonyl (C=O) groups excluding carboxylic acids is 4. The van der Waals surface area contributed by atoms with Gasteiger partial charge >= 0.3 is 12.0 Å². The summed E-state index contributed by atoms with van der Waals surface area (Å²) in [7, 11) is 0. The third-order valence-electron chi connectivity index (χ3n) is 5.90. The fourth-order valence-corrected chi connectivity index (χ4v) is 4.22. The van der Waals surface area contributed by atoms with Crippen molar-refractivity contribution < 1.29 is 28.7 Å². The third-order valence-corrected chi connectivity index (χ3v) is 5.90. The summed E-state index contributed by atoms with van der Waals surface area (Å²) in [6, 6.07) is 14.5. The van der Waals surface area contributed by atoms with Gasteiger partial charge in [-0.1, -0.05) is 6.07 Å². The van der Waals surface area contributed by atoms with Crippen LogP contribution in [0.4, 0.5) is 10.5 Å². The molecule has 1 aliphatic heterocycles. The highest BCUT2D eigenvalue weighted by atomic mass is 16.5. The van der Waals surface area contributed by atoms with Gasteiger partial charge in [-0.15, -0.1) is 0 Å². The number of aryl methyl sites for hydroxylation is 1. The number of amides is 4. The van der Waals surface area contributed by atoms with Crippen molar-refractivity contribution in [2.75, 3.05) is 18.1 Å². The van der Waals surface area contributed by atoms with Crippen molar-refractivity contribution in [3.8, 4) is 11.4 Å². The summed E-state index contributed by atoms with van der Waals surface area (Å²) in [5, 5.41) is 2.25. The lowest BCUT2D eigenvalue weighted by Gasteiger charge is -2.26. The summed E-state index contributed by atoms with van der Waals surface area (Å²) in [5.74, 6) is -1.39. The Labute approximate surface area is 214 Å². The van der Waals surface area contributed by atoms with Gasteiger partial charge in [0, 0.05) is 23.1 Å². The van der Waals surface area contributed by atoms with Gasteiger partial charge in [0.15, 0.2) is 0 Å². The Morgan fingerprint density at radius 3 is 2.35 bits per heavy atom. The van der Waals surface area contributed by atoms with Crippen molar-refractivity contribution in [2.45, 2.75) is 27.7 Å². The number of esters is 1. The maximum Gasteiger partial charge on any atom is 0.338 e. The molecule has 9 nitrogen and oxygen atoms in total. The fraction of sp³-hybridized carbons (Fsp3) is 0.214. The zero-order valence-corrected chi connectivity index (χ0v) is 21.0. The Bertz CT molecular complexity index is 1420. The van der Waals surface area contributed by atoms with E-state index in [0.29, 0.717) is 35.8 Å². The summed E-state index contributed by atoms with van der Waals surface area (Å²) >= 11 is 0. The SMILES string of the molecule is CCOC(=O)c1ccc(-n2c(C)cc(/C=C3\C(=O)NC(=O)N(c4cccc(OCC)c4)C3=O)c2C)cc1. The molecule has 0 atom stereocenters. The molecule has 37 heavy (non-hydrogen) atoms. The number of rotatable bonds is 7. The van der Waals surface area contributed by atoms with Crippen molar-refractivity contribution in [2.24, 2.45) is 0 Å². The lowest BCUT2D eigenvalue weighted by Crippen LogP contribution is -2.54. The number of barbiturate groups is 1. The average Bonchev–Trinajstić information content (AvgIpc) is 3.15. The van der Waals surface area contributed by atoms with Crippen LogP contribution in [0.3, 0.4) is 0 Å². The molecule has 4 amide bonds. The van der Waals surface area contributed by atoms with E-state index >= 15 is 0 Å². The molecule has 0 bridgehead atoms. The quantitative estimate of drug-likeness (QED) is 0.293. The Hall–Kier alpha value is -4.66.